The van der Waals surface area contributed by atoms with Gasteiger partial charge in [0.25, 0.3) is 0 Å². The van der Waals surface area contributed by atoms with Gasteiger partial charge in [0.2, 0.25) is 0 Å². The van der Waals surface area contributed by atoms with E-state index in [1.165, 1.54) is 12.8 Å². The highest BCUT2D eigenvalue weighted by Crippen LogP contribution is 2.23. The summed E-state index contributed by atoms with van der Waals surface area (Å²) in [6.45, 7) is 0. The fourth-order valence-corrected chi connectivity index (χ4v) is 1.48. The number of amides is 2. The molecule has 6 heteroatoms. The number of hydrogen-bond acceptors (Lipinski definition) is 4. The molecule has 1 aromatic heterocycles. The number of rotatable bonds is 4. The number of carbonyl (C=O) groups is 1. The summed E-state index contributed by atoms with van der Waals surface area (Å²) in [5.41, 5.74) is 0. The predicted molar refractivity (Wildman–Crippen MR) is 63.9 cm³/mol. The van der Waals surface area contributed by atoms with E-state index in [2.05, 4.69) is 26.1 Å². The maximum atomic E-state index is 11.4. The number of urea groups is 1. The van der Waals surface area contributed by atoms with Crippen molar-refractivity contribution in [2.24, 2.45) is 0 Å². The second kappa shape index (κ2) is 4.20. The Kier molecular flexibility index (Phi) is 2.55. The molecule has 2 aliphatic rings. The number of anilines is 2. The summed E-state index contributed by atoms with van der Waals surface area (Å²) in [4.78, 5) is 11.4. The molecule has 90 valence electrons. The van der Waals surface area contributed by atoms with Crippen LogP contribution in [0.3, 0.4) is 0 Å². The smallest absolute Gasteiger partial charge is 0.320 e. The van der Waals surface area contributed by atoms with Gasteiger partial charge in [-0.05, 0) is 37.8 Å². The summed E-state index contributed by atoms with van der Waals surface area (Å²) >= 11 is 0. The molecule has 0 atom stereocenters. The van der Waals surface area contributed by atoms with Crippen LogP contribution in [0.1, 0.15) is 25.7 Å². The number of aromatic nitrogens is 2. The lowest BCUT2D eigenvalue weighted by atomic mass is 10.5. The third kappa shape index (κ3) is 3.05. The molecule has 3 N–H and O–H groups in total. The number of hydrogen-bond donors (Lipinski definition) is 3. The van der Waals surface area contributed by atoms with E-state index in [1.807, 2.05) is 6.07 Å². The molecule has 6 nitrogen and oxygen atoms in total. The van der Waals surface area contributed by atoms with Crippen LogP contribution in [0.15, 0.2) is 12.1 Å². The van der Waals surface area contributed by atoms with Gasteiger partial charge in [0.15, 0.2) is 5.82 Å². The van der Waals surface area contributed by atoms with Gasteiger partial charge in [0, 0.05) is 12.1 Å². The summed E-state index contributed by atoms with van der Waals surface area (Å²) < 4.78 is 0. The van der Waals surface area contributed by atoms with Crippen molar-refractivity contribution >= 4 is 17.7 Å². The van der Waals surface area contributed by atoms with Gasteiger partial charge in [0.1, 0.15) is 5.82 Å². The molecule has 1 heterocycles. The van der Waals surface area contributed by atoms with Crippen LogP contribution in [0.4, 0.5) is 16.4 Å². The number of nitrogens with one attached hydrogen (secondary N) is 3. The molecule has 2 amide bonds. The first-order valence-electron chi connectivity index (χ1n) is 5.97. The summed E-state index contributed by atoms with van der Waals surface area (Å²) in [7, 11) is 0. The number of carbonyl (C=O) groups excluding carboxylic acids is 1. The fourth-order valence-electron chi connectivity index (χ4n) is 1.48. The molecule has 0 aliphatic heterocycles. The molecular formula is C11H15N5O. The molecule has 1 aromatic rings. The van der Waals surface area contributed by atoms with E-state index in [0.29, 0.717) is 17.9 Å². The molecule has 3 rings (SSSR count). The highest BCUT2D eigenvalue weighted by Gasteiger charge is 2.23. The zero-order valence-electron chi connectivity index (χ0n) is 9.44. The Balaban J connectivity index is 1.53. The number of nitrogens with zero attached hydrogens (tertiary/aromatic N) is 2. The van der Waals surface area contributed by atoms with Gasteiger partial charge in [-0.1, -0.05) is 0 Å². The molecule has 0 bridgehead atoms. The van der Waals surface area contributed by atoms with E-state index >= 15 is 0 Å². The van der Waals surface area contributed by atoms with Crippen LogP contribution < -0.4 is 16.0 Å². The van der Waals surface area contributed by atoms with Crippen LogP contribution >= 0.6 is 0 Å². The molecule has 2 fully saturated rings. The van der Waals surface area contributed by atoms with Gasteiger partial charge >= 0.3 is 6.03 Å². The monoisotopic (exact) mass is 233 g/mol. The van der Waals surface area contributed by atoms with E-state index in [4.69, 9.17) is 0 Å². The van der Waals surface area contributed by atoms with Gasteiger partial charge < -0.3 is 10.6 Å². The maximum Gasteiger partial charge on any atom is 0.320 e. The maximum absolute atomic E-state index is 11.4. The van der Waals surface area contributed by atoms with Gasteiger partial charge in [0.05, 0.1) is 0 Å². The lowest BCUT2D eigenvalue weighted by molar-refractivity contribution is 0.251. The molecule has 17 heavy (non-hydrogen) atoms. The second-order valence-corrected chi connectivity index (χ2v) is 4.60. The van der Waals surface area contributed by atoms with Crippen LogP contribution in [-0.4, -0.2) is 28.3 Å². The van der Waals surface area contributed by atoms with Gasteiger partial charge in [-0.25, -0.2) is 4.79 Å². The standard InChI is InChI=1S/C11H15N5O/c17-11(13-8-3-4-8)14-10-6-5-9(15-16-10)12-7-1-2-7/h5-8H,1-4H2,(H,12,15)(H2,13,14,16,17). The zero-order chi connectivity index (χ0) is 11.7. The van der Waals surface area contributed by atoms with Gasteiger partial charge in [-0.15, -0.1) is 10.2 Å². The van der Waals surface area contributed by atoms with E-state index in [9.17, 15) is 4.79 Å². The predicted octanol–water partition coefficient (Wildman–Crippen LogP) is 1.33. The first-order chi connectivity index (χ1) is 8.29. The van der Waals surface area contributed by atoms with Crippen molar-refractivity contribution in [3.8, 4) is 0 Å². The highest BCUT2D eigenvalue weighted by atomic mass is 16.2. The van der Waals surface area contributed by atoms with E-state index in [0.717, 1.165) is 18.7 Å². The second-order valence-electron chi connectivity index (χ2n) is 4.60. The highest BCUT2D eigenvalue weighted by molar-refractivity contribution is 5.88. The lowest BCUT2D eigenvalue weighted by Crippen LogP contribution is -2.30. The van der Waals surface area contributed by atoms with Crippen molar-refractivity contribution in [2.45, 2.75) is 37.8 Å². The first kappa shape index (κ1) is 10.3. The molecule has 0 spiro atoms. The molecule has 0 aromatic carbocycles. The quantitative estimate of drug-likeness (QED) is 0.733. The van der Waals surface area contributed by atoms with Crippen LogP contribution in [0.25, 0.3) is 0 Å². The minimum absolute atomic E-state index is 0.204. The molecule has 2 saturated carbocycles. The summed E-state index contributed by atoms with van der Waals surface area (Å²) in [6.07, 6.45) is 4.55. The zero-order valence-corrected chi connectivity index (χ0v) is 9.44. The first-order valence-corrected chi connectivity index (χ1v) is 5.97. The van der Waals surface area contributed by atoms with E-state index < -0.39 is 0 Å². The van der Waals surface area contributed by atoms with E-state index in [1.54, 1.807) is 6.07 Å². The Hall–Kier alpha value is -1.85. The van der Waals surface area contributed by atoms with Crippen molar-refractivity contribution in [3.05, 3.63) is 12.1 Å². The summed E-state index contributed by atoms with van der Waals surface area (Å²) in [5.74, 6) is 1.24. The Bertz CT molecular complexity index is 410. The minimum atomic E-state index is -0.204. The molecule has 0 saturated heterocycles. The third-order valence-corrected chi connectivity index (χ3v) is 2.75. The van der Waals surface area contributed by atoms with Gasteiger partial charge in [-0.2, -0.15) is 0 Å². The van der Waals surface area contributed by atoms with Crippen molar-refractivity contribution in [2.75, 3.05) is 10.6 Å². The lowest BCUT2D eigenvalue weighted by Gasteiger charge is -2.06. The minimum Gasteiger partial charge on any atom is -0.366 e. The van der Waals surface area contributed by atoms with Gasteiger partial charge in [-0.3, -0.25) is 5.32 Å². The Morgan fingerprint density at radius 3 is 2.29 bits per heavy atom. The summed E-state index contributed by atoms with van der Waals surface area (Å²) in [5, 5.41) is 16.7. The molecule has 2 aliphatic carbocycles. The fraction of sp³-hybridized carbons (Fsp3) is 0.545. The Morgan fingerprint density at radius 1 is 1.06 bits per heavy atom. The Labute approximate surface area is 99.2 Å². The normalized spacial score (nSPS) is 18.6. The topological polar surface area (TPSA) is 78.9 Å². The van der Waals surface area contributed by atoms with Crippen LogP contribution in [0.2, 0.25) is 0 Å². The average Bonchev–Trinajstić information content (AvgIpc) is 3.17. The average molecular weight is 233 g/mol. The SMILES string of the molecule is O=C(Nc1ccc(NC2CC2)nn1)NC1CC1. The van der Waals surface area contributed by atoms with Crippen molar-refractivity contribution in [1.82, 2.24) is 15.5 Å². The third-order valence-electron chi connectivity index (χ3n) is 2.75. The van der Waals surface area contributed by atoms with Crippen LogP contribution in [0.5, 0.6) is 0 Å². The van der Waals surface area contributed by atoms with Crippen molar-refractivity contribution in [3.63, 3.8) is 0 Å². The summed E-state index contributed by atoms with van der Waals surface area (Å²) in [6, 6.07) is 4.28. The van der Waals surface area contributed by atoms with Crippen LogP contribution in [0, 0.1) is 0 Å². The Morgan fingerprint density at radius 2 is 1.71 bits per heavy atom. The largest absolute Gasteiger partial charge is 0.366 e. The van der Waals surface area contributed by atoms with E-state index in [-0.39, 0.29) is 6.03 Å². The van der Waals surface area contributed by atoms with Crippen molar-refractivity contribution < 1.29 is 4.79 Å². The molecule has 0 unspecified atom stereocenters. The molecule has 0 radical (unpaired) electrons. The molecular weight excluding hydrogens is 218 g/mol. The van der Waals surface area contributed by atoms with Crippen molar-refractivity contribution in [1.29, 1.82) is 0 Å². The van der Waals surface area contributed by atoms with Crippen LogP contribution in [-0.2, 0) is 0 Å².